The van der Waals surface area contributed by atoms with Gasteiger partial charge in [-0.2, -0.15) is 0 Å². The fraction of sp³-hybridized carbons (Fsp3) is 0. The van der Waals surface area contributed by atoms with Crippen molar-refractivity contribution >= 4 is 72.7 Å². The number of hydrogen-bond donors (Lipinski definition) is 0. The number of fused-ring (bicyclic) bond motifs is 9. The molecule has 0 radical (unpaired) electrons. The Morgan fingerprint density at radius 2 is 1.33 bits per heavy atom. The number of hydrogen-bond acceptors (Lipinski definition) is 3. The number of rotatable bonds is 0. The van der Waals surface area contributed by atoms with Gasteiger partial charge < -0.3 is 0 Å². The summed E-state index contributed by atoms with van der Waals surface area (Å²) in [5, 5.41) is 3.05. The standard InChI is InChI=1S/C21H10Cl2N4/c22-13-9-15-16(10-14(13)23)25-19-18(24-15)11-5-1-2-6-12(11)21-20(19)26-17-7-3-4-8-27(17)21/h1-10H. The van der Waals surface area contributed by atoms with Crippen LogP contribution in [0.5, 0.6) is 0 Å². The van der Waals surface area contributed by atoms with E-state index in [4.69, 9.17) is 38.2 Å². The van der Waals surface area contributed by atoms with Crippen LogP contribution < -0.4 is 0 Å². The molecule has 0 bridgehead atoms. The summed E-state index contributed by atoms with van der Waals surface area (Å²) < 4.78 is 2.10. The van der Waals surface area contributed by atoms with E-state index < -0.39 is 0 Å². The molecule has 0 fully saturated rings. The highest BCUT2D eigenvalue weighted by atomic mass is 35.5. The topological polar surface area (TPSA) is 43.1 Å². The summed E-state index contributed by atoms with van der Waals surface area (Å²) in [5.41, 5.74) is 5.72. The molecule has 0 atom stereocenters. The Hall–Kier alpha value is -2.95. The Kier molecular flexibility index (Phi) is 2.96. The summed E-state index contributed by atoms with van der Waals surface area (Å²) in [6.07, 6.45) is 2.02. The molecular weight excluding hydrogens is 379 g/mol. The first-order valence-electron chi connectivity index (χ1n) is 8.45. The van der Waals surface area contributed by atoms with E-state index in [0.29, 0.717) is 21.1 Å². The SMILES string of the molecule is Clc1cc2nc3c4ccccc4c4c(nc5ccccn54)c3nc2cc1Cl. The van der Waals surface area contributed by atoms with Crippen LogP contribution in [0.2, 0.25) is 10.0 Å². The van der Waals surface area contributed by atoms with Crippen molar-refractivity contribution in [3.05, 3.63) is 70.8 Å². The van der Waals surface area contributed by atoms with Gasteiger partial charge in [-0.05, 0) is 24.3 Å². The predicted octanol–water partition coefficient (Wildman–Crippen LogP) is 6.04. The van der Waals surface area contributed by atoms with Gasteiger partial charge in [0.15, 0.2) is 0 Å². The normalized spacial score (nSPS) is 12.1. The monoisotopic (exact) mass is 388 g/mol. The maximum atomic E-state index is 6.20. The number of benzene rings is 3. The first-order chi connectivity index (χ1) is 13.2. The van der Waals surface area contributed by atoms with Crippen molar-refractivity contribution < 1.29 is 0 Å². The Morgan fingerprint density at radius 1 is 0.667 bits per heavy atom. The maximum Gasteiger partial charge on any atom is 0.138 e. The number of nitrogens with zero attached hydrogens (tertiary/aromatic N) is 4. The summed E-state index contributed by atoms with van der Waals surface area (Å²) in [4.78, 5) is 14.6. The number of aromatic nitrogens is 4. The van der Waals surface area contributed by atoms with E-state index in [9.17, 15) is 0 Å². The zero-order chi connectivity index (χ0) is 18.1. The lowest BCUT2D eigenvalue weighted by atomic mass is 10.1. The molecule has 6 heteroatoms. The van der Waals surface area contributed by atoms with Crippen molar-refractivity contribution in [2.45, 2.75) is 0 Å². The maximum absolute atomic E-state index is 6.20. The van der Waals surface area contributed by atoms with Gasteiger partial charge in [0.1, 0.15) is 16.7 Å². The van der Waals surface area contributed by atoms with Crippen molar-refractivity contribution in [1.82, 2.24) is 19.4 Å². The van der Waals surface area contributed by atoms with Gasteiger partial charge in [-0.15, -0.1) is 0 Å². The van der Waals surface area contributed by atoms with Gasteiger partial charge in [0.05, 0.1) is 32.1 Å². The highest BCUT2D eigenvalue weighted by molar-refractivity contribution is 6.42. The summed E-state index contributed by atoms with van der Waals surface area (Å²) in [5.74, 6) is 0. The third-order valence-corrected chi connectivity index (χ3v) is 5.62. The summed E-state index contributed by atoms with van der Waals surface area (Å²) in [7, 11) is 0. The van der Waals surface area contributed by atoms with Crippen molar-refractivity contribution in [2.75, 3.05) is 0 Å². The Balaban J connectivity index is 1.96. The van der Waals surface area contributed by atoms with Crippen molar-refractivity contribution in [3.8, 4) is 0 Å². The lowest BCUT2D eigenvalue weighted by molar-refractivity contribution is 1.23. The molecule has 3 aromatic heterocycles. The second-order valence-corrected chi connectivity index (χ2v) is 7.27. The molecule has 0 spiro atoms. The zero-order valence-electron chi connectivity index (χ0n) is 13.8. The Bertz CT molecular complexity index is 1550. The quantitative estimate of drug-likeness (QED) is 0.235. The van der Waals surface area contributed by atoms with Crippen LogP contribution in [-0.4, -0.2) is 19.4 Å². The predicted molar refractivity (Wildman–Crippen MR) is 111 cm³/mol. The molecule has 4 nitrogen and oxygen atoms in total. The van der Waals surface area contributed by atoms with Gasteiger partial charge in [-0.1, -0.05) is 53.5 Å². The molecule has 0 saturated heterocycles. The van der Waals surface area contributed by atoms with Crippen LogP contribution >= 0.6 is 23.2 Å². The number of imidazole rings is 1. The number of halogens is 2. The van der Waals surface area contributed by atoms with Crippen LogP contribution in [0.25, 0.3) is 49.5 Å². The second-order valence-electron chi connectivity index (χ2n) is 6.46. The third kappa shape index (κ3) is 2.02. The molecule has 0 amide bonds. The third-order valence-electron chi connectivity index (χ3n) is 4.90. The van der Waals surface area contributed by atoms with Crippen LogP contribution in [0.1, 0.15) is 0 Å². The van der Waals surface area contributed by atoms with Gasteiger partial charge >= 0.3 is 0 Å². The molecule has 0 N–H and O–H groups in total. The van der Waals surface area contributed by atoms with Gasteiger partial charge in [-0.3, -0.25) is 4.40 Å². The summed E-state index contributed by atoms with van der Waals surface area (Å²) in [6.45, 7) is 0. The first-order valence-corrected chi connectivity index (χ1v) is 9.20. The minimum absolute atomic E-state index is 0.463. The van der Waals surface area contributed by atoms with Gasteiger partial charge in [-0.25, -0.2) is 15.0 Å². The molecule has 0 unspecified atom stereocenters. The Morgan fingerprint density at radius 3 is 2.11 bits per heavy atom. The smallest absolute Gasteiger partial charge is 0.138 e. The van der Waals surface area contributed by atoms with E-state index in [-0.39, 0.29) is 0 Å². The lowest BCUT2D eigenvalue weighted by Crippen LogP contribution is -1.92. The van der Waals surface area contributed by atoms with E-state index >= 15 is 0 Å². The van der Waals surface area contributed by atoms with Gasteiger partial charge in [0.2, 0.25) is 0 Å². The molecule has 0 aliphatic heterocycles. The van der Waals surface area contributed by atoms with E-state index in [1.54, 1.807) is 12.1 Å². The van der Waals surface area contributed by atoms with Crippen LogP contribution in [0.15, 0.2) is 60.8 Å². The minimum Gasteiger partial charge on any atom is -0.299 e. The lowest BCUT2D eigenvalue weighted by Gasteiger charge is -2.08. The molecule has 128 valence electrons. The summed E-state index contributed by atoms with van der Waals surface area (Å²) >= 11 is 12.4. The molecule has 6 aromatic rings. The highest BCUT2D eigenvalue weighted by Gasteiger charge is 2.17. The fourth-order valence-electron chi connectivity index (χ4n) is 3.72. The summed E-state index contributed by atoms with van der Waals surface area (Å²) in [6, 6.07) is 17.7. The zero-order valence-corrected chi connectivity index (χ0v) is 15.3. The second kappa shape index (κ2) is 5.28. The Labute approximate surface area is 163 Å². The molecule has 0 aliphatic rings. The molecule has 3 heterocycles. The van der Waals surface area contributed by atoms with E-state index in [1.165, 1.54) is 0 Å². The van der Waals surface area contributed by atoms with Gasteiger partial charge in [0.25, 0.3) is 0 Å². The minimum atomic E-state index is 0.463. The largest absolute Gasteiger partial charge is 0.299 e. The van der Waals surface area contributed by atoms with Crippen LogP contribution in [0, 0.1) is 0 Å². The molecular formula is C21H10Cl2N4. The molecule has 3 aromatic carbocycles. The first kappa shape index (κ1) is 15.1. The molecule has 0 aliphatic carbocycles. The van der Waals surface area contributed by atoms with E-state index in [2.05, 4.69) is 16.5 Å². The van der Waals surface area contributed by atoms with Crippen LogP contribution in [0.4, 0.5) is 0 Å². The average Bonchev–Trinajstić information content (AvgIpc) is 3.08. The van der Waals surface area contributed by atoms with Crippen molar-refractivity contribution in [1.29, 1.82) is 0 Å². The van der Waals surface area contributed by atoms with Gasteiger partial charge in [0, 0.05) is 17.0 Å². The van der Waals surface area contributed by atoms with Crippen LogP contribution in [-0.2, 0) is 0 Å². The highest BCUT2D eigenvalue weighted by Crippen LogP contribution is 2.35. The molecule has 0 saturated carbocycles. The fourth-order valence-corrected chi connectivity index (χ4v) is 4.03. The average molecular weight is 389 g/mol. The van der Waals surface area contributed by atoms with Crippen molar-refractivity contribution in [2.24, 2.45) is 0 Å². The van der Waals surface area contributed by atoms with E-state index in [0.717, 1.165) is 38.5 Å². The van der Waals surface area contributed by atoms with Crippen LogP contribution in [0.3, 0.4) is 0 Å². The molecule has 6 rings (SSSR count). The van der Waals surface area contributed by atoms with Crippen molar-refractivity contribution in [3.63, 3.8) is 0 Å². The molecule has 27 heavy (non-hydrogen) atoms. The van der Waals surface area contributed by atoms with E-state index in [1.807, 2.05) is 36.5 Å². The number of pyridine rings is 1.